The quantitative estimate of drug-likeness (QED) is 0.558. The van der Waals surface area contributed by atoms with Crippen molar-refractivity contribution in [1.29, 1.82) is 0 Å². The molecule has 1 fully saturated rings. The lowest BCUT2D eigenvalue weighted by Gasteiger charge is -2.12. The van der Waals surface area contributed by atoms with Crippen LogP contribution in [0.15, 0.2) is 54.4 Å². The standard InChI is InChI=1S/C19H18N6S/c1-2-17-22-19(16-5-9-24(11-16)13-18-21-8-10-26-18)23-25(17)12-15(1)14-3-6-20-7-4-14/h1-4,6-8,10,12,16H,5,9,11,13H2/t16-/m1/s1. The second-order valence-electron chi connectivity index (χ2n) is 6.57. The Morgan fingerprint density at radius 1 is 1.08 bits per heavy atom. The summed E-state index contributed by atoms with van der Waals surface area (Å²) in [5, 5.41) is 7.97. The first-order valence-corrected chi connectivity index (χ1v) is 9.60. The van der Waals surface area contributed by atoms with Crippen LogP contribution < -0.4 is 0 Å². The van der Waals surface area contributed by atoms with E-state index in [0.29, 0.717) is 5.92 Å². The van der Waals surface area contributed by atoms with Crippen LogP contribution in [0, 0.1) is 0 Å². The maximum Gasteiger partial charge on any atom is 0.156 e. The molecule has 0 saturated carbocycles. The lowest BCUT2D eigenvalue weighted by molar-refractivity contribution is 0.325. The summed E-state index contributed by atoms with van der Waals surface area (Å²) >= 11 is 1.72. The predicted octanol–water partition coefficient (Wildman–Crippen LogP) is 3.24. The first-order chi connectivity index (χ1) is 12.8. The Labute approximate surface area is 155 Å². The van der Waals surface area contributed by atoms with E-state index < -0.39 is 0 Å². The van der Waals surface area contributed by atoms with E-state index in [-0.39, 0.29) is 0 Å². The Balaban J connectivity index is 1.36. The maximum atomic E-state index is 4.76. The number of likely N-dealkylation sites (tertiary alicyclic amines) is 1. The van der Waals surface area contributed by atoms with Crippen molar-refractivity contribution < 1.29 is 0 Å². The van der Waals surface area contributed by atoms with Gasteiger partial charge in [-0.15, -0.1) is 11.3 Å². The first-order valence-electron chi connectivity index (χ1n) is 8.72. The fraction of sp³-hybridized carbons (Fsp3) is 0.263. The second kappa shape index (κ2) is 6.59. The molecular formula is C19H18N6S. The molecule has 1 aliphatic heterocycles. The van der Waals surface area contributed by atoms with E-state index in [9.17, 15) is 0 Å². The van der Waals surface area contributed by atoms with Crippen molar-refractivity contribution in [2.75, 3.05) is 13.1 Å². The van der Waals surface area contributed by atoms with Crippen molar-refractivity contribution >= 4 is 17.0 Å². The van der Waals surface area contributed by atoms with Crippen LogP contribution >= 0.6 is 11.3 Å². The van der Waals surface area contributed by atoms with Crippen LogP contribution in [0.3, 0.4) is 0 Å². The number of rotatable bonds is 4. The van der Waals surface area contributed by atoms with E-state index in [1.807, 2.05) is 52.9 Å². The van der Waals surface area contributed by atoms with Gasteiger partial charge in [-0.2, -0.15) is 5.10 Å². The van der Waals surface area contributed by atoms with Gasteiger partial charge in [-0.05, 0) is 42.8 Å². The highest BCUT2D eigenvalue weighted by Crippen LogP contribution is 2.27. The number of fused-ring (bicyclic) bond motifs is 1. The van der Waals surface area contributed by atoms with Crippen LogP contribution in [-0.4, -0.2) is 42.6 Å². The topological polar surface area (TPSA) is 59.2 Å². The highest BCUT2D eigenvalue weighted by atomic mass is 32.1. The van der Waals surface area contributed by atoms with Crippen molar-refractivity contribution in [2.45, 2.75) is 18.9 Å². The number of hydrogen-bond donors (Lipinski definition) is 0. The molecule has 5 heterocycles. The van der Waals surface area contributed by atoms with Gasteiger partial charge in [0.2, 0.25) is 0 Å². The van der Waals surface area contributed by atoms with Crippen LogP contribution in [0.1, 0.15) is 23.2 Å². The third-order valence-electron chi connectivity index (χ3n) is 4.84. The summed E-state index contributed by atoms with van der Waals surface area (Å²) in [7, 11) is 0. The summed E-state index contributed by atoms with van der Waals surface area (Å²) in [4.78, 5) is 15.7. The van der Waals surface area contributed by atoms with Crippen LogP contribution in [0.4, 0.5) is 0 Å². The van der Waals surface area contributed by atoms with Crippen LogP contribution in [0.25, 0.3) is 16.8 Å². The van der Waals surface area contributed by atoms with Gasteiger partial charge in [-0.1, -0.05) is 0 Å². The molecule has 0 unspecified atom stereocenters. The number of hydrogen-bond acceptors (Lipinski definition) is 6. The largest absolute Gasteiger partial charge is 0.296 e. The molecular weight excluding hydrogens is 344 g/mol. The van der Waals surface area contributed by atoms with E-state index in [2.05, 4.69) is 20.9 Å². The van der Waals surface area contributed by atoms with Gasteiger partial charge in [-0.25, -0.2) is 14.5 Å². The molecule has 1 aliphatic rings. The van der Waals surface area contributed by atoms with E-state index >= 15 is 0 Å². The van der Waals surface area contributed by atoms with Crippen molar-refractivity contribution in [3.05, 3.63) is 65.3 Å². The summed E-state index contributed by atoms with van der Waals surface area (Å²) in [5.41, 5.74) is 3.15. The molecule has 0 spiro atoms. The molecule has 5 rings (SSSR count). The SMILES string of the molecule is c1cc(-c2ccc3nc([C@@H]4CCN(Cc5nccs5)C4)nn3c2)ccn1. The minimum absolute atomic E-state index is 0.388. The molecule has 1 atom stereocenters. The number of thiazole rings is 1. The minimum atomic E-state index is 0.388. The molecule has 0 aliphatic carbocycles. The van der Waals surface area contributed by atoms with Gasteiger partial charge in [0.05, 0.1) is 6.54 Å². The molecule has 0 radical (unpaired) electrons. The number of nitrogens with zero attached hydrogens (tertiary/aromatic N) is 6. The zero-order valence-corrected chi connectivity index (χ0v) is 15.0. The lowest BCUT2D eigenvalue weighted by Crippen LogP contribution is -2.19. The molecule has 0 aromatic carbocycles. The monoisotopic (exact) mass is 362 g/mol. The van der Waals surface area contributed by atoms with Crippen molar-refractivity contribution in [2.24, 2.45) is 0 Å². The van der Waals surface area contributed by atoms with E-state index in [1.54, 1.807) is 11.3 Å². The summed E-state index contributed by atoms with van der Waals surface area (Å²) in [6.07, 6.45) is 8.63. The minimum Gasteiger partial charge on any atom is -0.296 e. The fourth-order valence-corrected chi connectivity index (χ4v) is 4.16. The van der Waals surface area contributed by atoms with E-state index in [1.165, 1.54) is 5.01 Å². The van der Waals surface area contributed by atoms with Gasteiger partial charge in [0.25, 0.3) is 0 Å². The average Bonchev–Trinajstić information content (AvgIpc) is 3.42. The predicted molar refractivity (Wildman–Crippen MR) is 101 cm³/mol. The smallest absolute Gasteiger partial charge is 0.156 e. The normalized spacial score (nSPS) is 17.9. The molecule has 0 bridgehead atoms. The Bertz CT molecular complexity index is 1010. The molecule has 4 aromatic rings. The Hall–Kier alpha value is -2.64. The van der Waals surface area contributed by atoms with Crippen LogP contribution in [0.5, 0.6) is 0 Å². The third-order valence-corrected chi connectivity index (χ3v) is 5.61. The third kappa shape index (κ3) is 3.00. The van der Waals surface area contributed by atoms with Gasteiger partial charge in [0, 0.05) is 48.2 Å². The average molecular weight is 362 g/mol. The summed E-state index contributed by atoms with van der Waals surface area (Å²) < 4.78 is 1.90. The summed E-state index contributed by atoms with van der Waals surface area (Å²) in [5.74, 6) is 1.33. The Kier molecular flexibility index (Phi) is 3.95. The highest BCUT2D eigenvalue weighted by molar-refractivity contribution is 7.09. The van der Waals surface area contributed by atoms with Gasteiger partial charge in [-0.3, -0.25) is 9.88 Å². The molecule has 7 heteroatoms. The highest BCUT2D eigenvalue weighted by Gasteiger charge is 2.27. The van der Waals surface area contributed by atoms with Crippen LogP contribution in [0.2, 0.25) is 0 Å². The maximum absolute atomic E-state index is 4.76. The zero-order valence-electron chi connectivity index (χ0n) is 14.2. The Morgan fingerprint density at radius 3 is 2.85 bits per heavy atom. The number of aromatic nitrogens is 5. The van der Waals surface area contributed by atoms with E-state index in [0.717, 1.165) is 48.7 Å². The molecule has 26 heavy (non-hydrogen) atoms. The number of pyridine rings is 2. The van der Waals surface area contributed by atoms with E-state index in [4.69, 9.17) is 10.1 Å². The zero-order chi connectivity index (χ0) is 17.3. The lowest BCUT2D eigenvalue weighted by atomic mass is 10.1. The van der Waals surface area contributed by atoms with Crippen molar-refractivity contribution in [3.8, 4) is 11.1 Å². The molecule has 4 aromatic heterocycles. The second-order valence-corrected chi connectivity index (χ2v) is 7.55. The summed E-state index contributed by atoms with van der Waals surface area (Å²) in [6, 6.07) is 8.14. The molecule has 130 valence electrons. The van der Waals surface area contributed by atoms with Gasteiger partial charge in [0.15, 0.2) is 11.5 Å². The van der Waals surface area contributed by atoms with Gasteiger partial charge >= 0.3 is 0 Å². The van der Waals surface area contributed by atoms with Crippen molar-refractivity contribution in [1.82, 2.24) is 29.5 Å². The Morgan fingerprint density at radius 2 is 2.00 bits per heavy atom. The van der Waals surface area contributed by atoms with Crippen molar-refractivity contribution in [3.63, 3.8) is 0 Å². The van der Waals surface area contributed by atoms with Gasteiger partial charge in [0.1, 0.15) is 5.01 Å². The van der Waals surface area contributed by atoms with Gasteiger partial charge < -0.3 is 0 Å². The fourth-order valence-electron chi connectivity index (χ4n) is 3.50. The first kappa shape index (κ1) is 15.6. The molecule has 6 nitrogen and oxygen atoms in total. The van der Waals surface area contributed by atoms with Crippen LogP contribution in [-0.2, 0) is 6.54 Å². The molecule has 1 saturated heterocycles. The molecule has 0 amide bonds. The summed E-state index contributed by atoms with van der Waals surface area (Å²) in [6.45, 7) is 2.99. The molecule has 0 N–H and O–H groups in total.